The molecule has 1 aromatic carbocycles. The molecule has 0 aliphatic carbocycles. The summed E-state index contributed by atoms with van der Waals surface area (Å²) in [5.41, 5.74) is -0.236. The summed E-state index contributed by atoms with van der Waals surface area (Å²) in [5, 5.41) is 17.4. The first-order chi connectivity index (χ1) is 8.21. The van der Waals surface area contributed by atoms with Gasteiger partial charge in [0, 0.05) is 10.6 Å². The molecule has 0 bridgehead atoms. The lowest BCUT2D eigenvalue weighted by atomic mass is 10.2. The van der Waals surface area contributed by atoms with Gasteiger partial charge in [0.05, 0.1) is 5.56 Å². The van der Waals surface area contributed by atoms with E-state index in [1.54, 1.807) is 0 Å². The van der Waals surface area contributed by atoms with Crippen LogP contribution < -0.4 is 0 Å². The van der Waals surface area contributed by atoms with Crippen molar-refractivity contribution < 1.29 is 32.6 Å². The molecule has 0 aromatic heterocycles. The quantitative estimate of drug-likeness (QED) is 0.659. The van der Waals surface area contributed by atoms with Crippen molar-refractivity contribution in [3.8, 4) is 0 Å². The molecular formula is C10H8F4O3S. The molecule has 1 aromatic rings. The zero-order valence-corrected chi connectivity index (χ0v) is 9.56. The number of aliphatic hydroxyl groups is 1. The van der Waals surface area contributed by atoms with Gasteiger partial charge in [-0.1, -0.05) is 0 Å². The number of hydrogen-bond acceptors (Lipinski definition) is 3. The Morgan fingerprint density at radius 1 is 1.39 bits per heavy atom. The molecule has 100 valence electrons. The summed E-state index contributed by atoms with van der Waals surface area (Å²) in [7, 11) is 0. The second-order valence-corrected chi connectivity index (χ2v) is 4.38. The van der Waals surface area contributed by atoms with Gasteiger partial charge >= 0.3 is 12.1 Å². The van der Waals surface area contributed by atoms with E-state index in [-0.39, 0.29) is 10.5 Å². The van der Waals surface area contributed by atoms with E-state index in [4.69, 9.17) is 10.2 Å². The molecule has 0 spiro atoms. The number of alkyl halides is 3. The maximum Gasteiger partial charge on any atom is 0.415 e. The Balaban J connectivity index is 2.78. The van der Waals surface area contributed by atoms with Crippen molar-refractivity contribution in [3.05, 3.63) is 29.6 Å². The Labute approximate surface area is 103 Å². The average molecular weight is 284 g/mol. The number of halogens is 4. The zero-order chi connectivity index (χ0) is 13.9. The molecule has 8 heteroatoms. The van der Waals surface area contributed by atoms with Crippen molar-refractivity contribution in [1.82, 2.24) is 0 Å². The van der Waals surface area contributed by atoms with Crippen LogP contribution in [0.5, 0.6) is 0 Å². The van der Waals surface area contributed by atoms with Gasteiger partial charge in [0.15, 0.2) is 6.10 Å². The molecule has 1 rings (SSSR count). The number of aliphatic hydroxyl groups excluding tert-OH is 1. The fourth-order valence-electron chi connectivity index (χ4n) is 1.01. The van der Waals surface area contributed by atoms with Gasteiger partial charge in [-0.25, -0.2) is 9.18 Å². The van der Waals surface area contributed by atoms with Crippen LogP contribution in [0.2, 0.25) is 0 Å². The topological polar surface area (TPSA) is 57.5 Å². The van der Waals surface area contributed by atoms with Gasteiger partial charge in [0.2, 0.25) is 0 Å². The summed E-state index contributed by atoms with van der Waals surface area (Å²) in [5.74, 6) is -2.95. The van der Waals surface area contributed by atoms with Gasteiger partial charge in [0.25, 0.3) is 0 Å². The number of carboxylic acids is 1. The number of rotatable bonds is 4. The Hall–Kier alpha value is -1.28. The molecule has 0 saturated heterocycles. The molecule has 0 amide bonds. The van der Waals surface area contributed by atoms with Crippen molar-refractivity contribution in [2.24, 2.45) is 0 Å². The van der Waals surface area contributed by atoms with E-state index < -0.39 is 29.8 Å². The summed E-state index contributed by atoms with van der Waals surface area (Å²) >= 11 is 0.405. The van der Waals surface area contributed by atoms with Crippen molar-refractivity contribution in [1.29, 1.82) is 0 Å². The van der Waals surface area contributed by atoms with Crippen LogP contribution in [-0.4, -0.2) is 34.2 Å². The lowest BCUT2D eigenvalue weighted by Gasteiger charge is -2.14. The smallest absolute Gasteiger partial charge is 0.415 e. The standard InChI is InChI=1S/C10H8F4O3S/c11-6-2-1-5(9(16)17)3-7(6)18-4-8(15)10(12,13)14/h1-3,8,15H,4H2,(H,16,17). The van der Waals surface area contributed by atoms with Crippen molar-refractivity contribution in [2.45, 2.75) is 17.2 Å². The lowest BCUT2D eigenvalue weighted by Crippen LogP contribution is -2.30. The Morgan fingerprint density at radius 2 is 2.00 bits per heavy atom. The third-order valence-corrected chi connectivity index (χ3v) is 3.06. The average Bonchev–Trinajstić information content (AvgIpc) is 2.25. The predicted octanol–water partition coefficient (Wildman–Crippen LogP) is 2.54. The molecule has 1 unspecified atom stereocenters. The van der Waals surface area contributed by atoms with Gasteiger partial charge in [-0.15, -0.1) is 11.8 Å². The summed E-state index contributed by atoms with van der Waals surface area (Å²) < 4.78 is 49.2. The molecule has 18 heavy (non-hydrogen) atoms. The first kappa shape index (κ1) is 14.8. The van der Waals surface area contributed by atoms with Gasteiger partial charge in [0.1, 0.15) is 5.82 Å². The van der Waals surface area contributed by atoms with Crippen molar-refractivity contribution in [3.63, 3.8) is 0 Å². The van der Waals surface area contributed by atoms with Gasteiger partial charge < -0.3 is 10.2 Å². The number of thioether (sulfide) groups is 1. The number of hydrogen-bond donors (Lipinski definition) is 2. The van der Waals surface area contributed by atoms with E-state index in [0.717, 1.165) is 18.2 Å². The highest BCUT2D eigenvalue weighted by Gasteiger charge is 2.38. The summed E-state index contributed by atoms with van der Waals surface area (Å²) in [6.45, 7) is 0. The van der Waals surface area contributed by atoms with Crippen LogP contribution in [0.4, 0.5) is 17.6 Å². The number of carboxylic acid groups (broad SMARTS) is 1. The normalized spacial score (nSPS) is 13.4. The van der Waals surface area contributed by atoms with Crippen LogP contribution in [0.1, 0.15) is 10.4 Å². The molecule has 0 heterocycles. The zero-order valence-electron chi connectivity index (χ0n) is 8.74. The van der Waals surface area contributed by atoms with Crippen LogP contribution in [0.3, 0.4) is 0 Å². The van der Waals surface area contributed by atoms with E-state index in [9.17, 15) is 22.4 Å². The van der Waals surface area contributed by atoms with E-state index in [2.05, 4.69) is 0 Å². The minimum Gasteiger partial charge on any atom is -0.478 e. The third kappa shape index (κ3) is 3.88. The summed E-state index contributed by atoms with van der Waals surface area (Å²) in [6.07, 6.45) is -7.37. The number of carbonyl (C=O) groups is 1. The monoisotopic (exact) mass is 284 g/mol. The second-order valence-electron chi connectivity index (χ2n) is 3.32. The fraction of sp³-hybridized carbons (Fsp3) is 0.300. The molecule has 1 atom stereocenters. The van der Waals surface area contributed by atoms with Crippen LogP contribution in [0.15, 0.2) is 23.1 Å². The number of aromatic carboxylic acids is 1. The van der Waals surface area contributed by atoms with E-state index >= 15 is 0 Å². The third-order valence-electron chi connectivity index (χ3n) is 1.95. The summed E-state index contributed by atoms with van der Waals surface area (Å²) in [4.78, 5) is 10.3. The van der Waals surface area contributed by atoms with Gasteiger partial charge in [-0.3, -0.25) is 0 Å². The Bertz CT molecular complexity index is 447. The van der Waals surface area contributed by atoms with Crippen LogP contribution in [0.25, 0.3) is 0 Å². The van der Waals surface area contributed by atoms with E-state index in [0.29, 0.717) is 11.8 Å². The number of benzene rings is 1. The molecule has 0 fully saturated rings. The molecule has 0 aliphatic heterocycles. The van der Waals surface area contributed by atoms with Gasteiger partial charge in [-0.05, 0) is 18.2 Å². The van der Waals surface area contributed by atoms with Crippen molar-refractivity contribution in [2.75, 3.05) is 5.75 Å². The van der Waals surface area contributed by atoms with Crippen LogP contribution >= 0.6 is 11.8 Å². The summed E-state index contributed by atoms with van der Waals surface area (Å²) in [6, 6.07) is 2.78. The van der Waals surface area contributed by atoms with E-state index in [1.165, 1.54) is 0 Å². The highest BCUT2D eigenvalue weighted by atomic mass is 32.2. The Kier molecular flexibility index (Phi) is 4.58. The second kappa shape index (κ2) is 5.57. The molecule has 0 radical (unpaired) electrons. The minimum atomic E-state index is -4.78. The largest absolute Gasteiger partial charge is 0.478 e. The van der Waals surface area contributed by atoms with E-state index in [1.807, 2.05) is 0 Å². The molecule has 2 N–H and O–H groups in total. The molecule has 3 nitrogen and oxygen atoms in total. The first-order valence-electron chi connectivity index (χ1n) is 4.62. The van der Waals surface area contributed by atoms with Crippen LogP contribution in [-0.2, 0) is 0 Å². The molecular weight excluding hydrogens is 276 g/mol. The highest BCUT2D eigenvalue weighted by molar-refractivity contribution is 7.99. The lowest BCUT2D eigenvalue weighted by molar-refractivity contribution is -0.195. The minimum absolute atomic E-state index is 0.236. The molecule has 0 saturated carbocycles. The van der Waals surface area contributed by atoms with Crippen molar-refractivity contribution >= 4 is 17.7 Å². The SMILES string of the molecule is O=C(O)c1ccc(F)c(SCC(O)C(F)(F)F)c1. The highest BCUT2D eigenvalue weighted by Crippen LogP contribution is 2.28. The predicted molar refractivity (Wildman–Crippen MR) is 56.1 cm³/mol. The maximum absolute atomic E-state index is 13.2. The van der Waals surface area contributed by atoms with Gasteiger partial charge in [-0.2, -0.15) is 13.2 Å². The molecule has 0 aliphatic rings. The first-order valence-corrected chi connectivity index (χ1v) is 5.61. The fourth-order valence-corrected chi connectivity index (χ4v) is 1.95. The Morgan fingerprint density at radius 3 is 2.50 bits per heavy atom. The van der Waals surface area contributed by atoms with Crippen LogP contribution in [0, 0.1) is 5.82 Å². The maximum atomic E-state index is 13.2.